The van der Waals surface area contributed by atoms with Gasteiger partial charge in [-0.2, -0.15) is 0 Å². The molecule has 4 rings (SSSR count). The lowest BCUT2D eigenvalue weighted by Gasteiger charge is -2.15. The zero-order valence-corrected chi connectivity index (χ0v) is 19.9. The zero-order chi connectivity index (χ0) is 25.8. The quantitative estimate of drug-likeness (QED) is 0.415. The van der Waals surface area contributed by atoms with Crippen LogP contribution in [-0.4, -0.2) is 40.0 Å². The second kappa shape index (κ2) is 10.4. The topological polar surface area (TPSA) is 133 Å². The number of carbonyl (C=O) groups is 5. The first kappa shape index (κ1) is 24.7. The number of aromatic carboxylic acids is 1. The Labute approximate surface area is 210 Å². The van der Waals surface area contributed by atoms with Crippen molar-refractivity contribution in [3.63, 3.8) is 0 Å². The fraction of sp³-hybridized carbons (Fsp3) is 0.115. The third kappa shape index (κ3) is 5.44. The highest BCUT2D eigenvalue weighted by Gasteiger charge is 2.40. The minimum Gasteiger partial charge on any atom is -0.478 e. The van der Waals surface area contributed by atoms with Crippen LogP contribution < -0.4 is 15.5 Å². The van der Waals surface area contributed by atoms with Gasteiger partial charge in [-0.05, 0) is 60.7 Å². The Morgan fingerprint density at radius 2 is 1.44 bits per heavy atom. The van der Waals surface area contributed by atoms with Crippen molar-refractivity contribution in [3.05, 3.63) is 83.9 Å². The van der Waals surface area contributed by atoms with Crippen LogP contribution in [0.5, 0.6) is 0 Å². The van der Waals surface area contributed by atoms with Crippen molar-refractivity contribution in [1.29, 1.82) is 0 Å². The summed E-state index contributed by atoms with van der Waals surface area (Å²) in [5, 5.41) is 14.0. The van der Waals surface area contributed by atoms with E-state index in [4.69, 9.17) is 0 Å². The van der Waals surface area contributed by atoms with E-state index in [0.717, 1.165) is 9.80 Å². The lowest BCUT2D eigenvalue weighted by atomic mass is 10.1. The smallest absolute Gasteiger partial charge is 0.336 e. The van der Waals surface area contributed by atoms with E-state index >= 15 is 0 Å². The van der Waals surface area contributed by atoms with Crippen LogP contribution in [0.4, 0.5) is 17.1 Å². The predicted molar refractivity (Wildman–Crippen MR) is 135 cm³/mol. The molecule has 0 spiro atoms. The SMILES string of the molecule is CC(=O)Nc1ccc(N2C(=O)CC(Sc3ccc(NC(=O)c4ccccc4C(=O)O)cc3)C2=O)cc1. The molecule has 0 saturated carbocycles. The Balaban J connectivity index is 1.40. The summed E-state index contributed by atoms with van der Waals surface area (Å²) >= 11 is 1.24. The molecule has 10 heteroatoms. The number of carboxylic acid groups (broad SMARTS) is 1. The van der Waals surface area contributed by atoms with E-state index in [9.17, 15) is 29.1 Å². The zero-order valence-electron chi connectivity index (χ0n) is 19.1. The van der Waals surface area contributed by atoms with E-state index in [0.29, 0.717) is 17.1 Å². The van der Waals surface area contributed by atoms with Crippen LogP contribution in [0.3, 0.4) is 0 Å². The number of rotatable bonds is 7. The molecule has 0 aromatic heterocycles. The molecule has 0 radical (unpaired) electrons. The molecular weight excluding hydrogens is 482 g/mol. The van der Waals surface area contributed by atoms with Gasteiger partial charge >= 0.3 is 5.97 Å². The van der Waals surface area contributed by atoms with E-state index < -0.39 is 17.1 Å². The van der Waals surface area contributed by atoms with Gasteiger partial charge in [-0.25, -0.2) is 9.69 Å². The molecule has 1 aliphatic rings. The van der Waals surface area contributed by atoms with E-state index in [-0.39, 0.29) is 35.3 Å². The van der Waals surface area contributed by atoms with Crippen LogP contribution in [0.1, 0.15) is 34.1 Å². The normalized spacial score (nSPS) is 15.0. The highest BCUT2D eigenvalue weighted by Crippen LogP contribution is 2.34. The second-order valence-corrected chi connectivity index (χ2v) is 9.21. The molecule has 182 valence electrons. The average Bonchev–Trinajstić information content (AvgIpc) is 3.13. The Morgan fingerprint density at radius 3 is 2.06 bits per heavy atom. The fourth-order valence-corrected chi connectivity index (χ4v) is 4.77. The highest BCUT2D eigenvalue weighted by molar-refractivity contribution is 8.00. The molecule has 0 aliphatic carbocycles. The van der Waals surface area contributed by atoms with Gasteiger partial charge in [-0.15, -0.1) is 11.8 Å². The Morgan fingerprint density at radius 1 is 0.861 bits per heavy atom. The van der Waals surface area contributed by atoms with Gasteiger partial charge in [0.1, 0.15) is 0 Å². The van der Waals surface area contributed by atoms with Crippen LogP contribution in [0.15, 0.2) is 77.7 Å². The first-order valence-corrected chi connectivity index (χ1v) is 11.8. The number of hydrogen-bond donors (Lipinski definition) is 3. The van der Waals surface area contributed by atoms with E-state index in [1.807, 2.05) is 0 Å². The minimum absolute atomic E-state index is 0.0431. The average molecular weight is 504 g/mol. The number of imide groups is 1. The van der Waals surface area contributed by atoms with Gasteiger partial charge in [0.25, 0.3) is 5.91 Å². The molecule has 1 heterocycles. The molecule has 3 N–H and O–H groups in total. The van der Waals surface area contributed by atoms with Gasteiger partial charge in [-0.1, -0.05) is 12.1 Å². The largest absolute Gasteiger partial charge is 0.478 e. The molecule has 0 bridgehead atoms. The lowest BCUT2D eigenvalue weighted by Crippen LogP contribution is -2.31. The molecule has 36 heavy (non-hydrogen) atoms. The number of nitrogens with zero attached hydrogens (tertiary/aromatic N) is 1. The molecule has 3 aromatic carbocycles. The molecule has 9 nitrogen and oxygen atoms in total. The third-order valence-corrected chi connectivity index (χ3v) is 6.54. The maximum absolute atomic E-state index is 12.9. The number of benzene rings is 3. The molecule has 1 unspecified atom stereocenters. The Hall–Kier alpha value is -4.44. The maximum Gasteiger partial charge on any atom is 0.336 e. The van der Waals surface area contributed by atoms with Gasteiger partial charge in [0.05, 0.1) is 22.1 Å². The van der Waals surface area contributed by atoms with Crippen LogP contribution in [-0.2, 0) is 14.4 Å². The maximum atomic E-state index is 12.9. The van der Waals surface area contributed by atoms with Crippen LogP contribution in [0.25, 0.3) is 0 Å². The second-order valence-electron chi connectivity index (χ2n) is 7.94. The number of carboxylic acids is 1. The molecule has 4 amide bonds. The van der Waals surface area contributed by atoms with E-state index in [2.05, 4.69) is 10.6 Å². The van der Waals surface area contributed by atoms with Gasteiger partial charge in [0.2, 0.25) is 17.7 Å². The molecule has 1 aliphatic heterocycles. The molecular formula is C26H21N3O6S. The van der Waals surface area contributed by atoms with Crippen molar-refractivity contribution < 1.29 is 29.1 Å². The van der Waals surface area contributed by atoms with E-state index in [1.54, 1.807) is 60.7 Å². The van der Waals surface area contributed by atoms with Crippen molar-refractivity contribution in [2.24, 2.45) is 0 Å². The summed E-state index contributed by atoms with van der Waals surface area (Å²) < 4.78 is 0. The molecule has 1 saturated heterocycles. The summed E-state index contributed by atoms with van der Waals surface area (Å²) in [6.45, 7) is 1.39. The minimum atomic E-state index is -1.19. The summed E-state index contributed by atoms with van der Waals surface area (Å²) in [7, 11) is 0. The molecule has 1 fully saturated rings. The van der Waals surface area contributed by atoms with Crippen LogP contribution in [0.2, 0.25) is 0 Å². The van der Waals surface area contributed by atoms with Gasteiger partial charge in [0.15, 0.2) is 0 Å². The molecule has 1 atom stereocenters. The third-order valence-electron chi connectivity index (χ3n) is 5.34. The summed E-state index contributed by atoms with van der Waals surface area (Å²) in [6, 6.07) is 19.1. The first-order valence-electron chi connectivity index (χ1n) is 10.9. The van der Waals surface area contributed by atoms with Crippen LogP contribution in [0, 0.1) is 0 Å². The molecule has 3 aromatic rings. The van der Waals surface area contributed by atoms with Gasteiger partial charge in [-0.3, -0.25) is 19.2 Å². The first-order chi connectivity index (χ1) is 17.2. The van der Waals surface area contributed by atoms with Gasteiger partial charge in [0, 0.05) is 29.6 Å². The Kier molecular flexibility index (Phi) is 7.16. The summed E-state index contributed by atoms with van der Waals surface area (Å²) in [6.07, 6.45) is 0.0431. The predicted octanol–water partition coefficient (Wildman–Crippen LogP) is 4.02. The number of thioether (sulfide) groups is 1. The summed E-state index contributed by atoms with van der Waals surface area (Å²) in [4.78, 5) is 62.5. The number of hydrogen-bond acceptors (Lipinski definition) is 6. The standard InChI is InChI=1S/C26H21N3O6S/c1-15(30)27-16-6-10-18(11-7-16)29-23(31)14-22(25(29)33)36-19-12-8-17(9-13-19)28-24(32)20-4-2-3-5-21(20)26(34)35/h2-13,22H,14H2,1H3,(H,27,30)(H,28,32)(H,34,35). The van der Waals surface area contributed by atoms with Crippen molar-refractivity contribution in [2.45, 2.75) is 23.5 Å². The van der Waals surface area contributed by atoms with Crippen molar-refractivity contribution >= 4 is 58.4 Å². The number of carbonyl (C=O) groups excluding carboxylic acids is 4. The Bertz CT molecular complexity index is 1350. The number of nitrogens with one attached hydrogen (secondary N) is 2. The van der Waals surface area contributed by atoms with E-state index in [1.165, 1.54) is 30.8 Å². The monoisotopic (exact) mass is 503 g/mol. The summed E-state index contributed by atoms with van der Waals surface area (Å²) in [5.74, 6) is -2.61. The van der Waals surface area contributed by atoms with Crippen LogP contribution >= 0.6 is 11.8 Å². The lowest BCUT2D eigenvalue weighted by molar-refractivity contribution is -0.121. The van der Waals surface area contributed by atoms with Crippen molar-refractivity contribution in [3.8, 4) is 0 Å². The van der Waals surface area contributed by atoms with Crippen molar-refractivity contribution in [1.82, 2.24) is 0 Å². The van der Waals surface area contributed by atoms with Gasteiger partial charge < -0.3 is 15.7 Å². The number of anilines is 3. The van der Waals surface area contributed by atoms with Crippen molar-refractivity contribution in [2.75, 3.05) is 15.5 Å². The summed E-state index contributed by atoms with van der Waals surface area (Å²) in [5.41, 5.74) is 1.40. The highest BCUT2D eigenvalue weighted by atomic mass is 32.2. The number of amides is 4. The fourth-order valence-electron chi connectivity index (χ4n) is 3.71.